The molecule has 0 aliphatic rings. The molecule has 0 heterocycles. The second kappa shape index (κ2) is 7.59. The summed E-state index contributed by atoms with van der Waals surface area (Å²) in [6.45, 7) is 1.03. The third-order valence-corrected chi connectivity index (χ3v) is 3.43. The van der Waals surface area contributed by atoms with Gasteiger partial charge in [0.2, 0.25) is 0 Å². The molecule has 0 aliphatic heterocycles. The predicted molar refractivity (Wildman–Crippen MR) is 88.6 cm³/mol. The van der Waals surface area contributed by atoms with E-state index in [1.165, 1.54) is 36.2 Å². The maximum Gasteiger partial charge on any atom is 0.0381 e. The van der Waals surface area contributed by atoms with E-state index in [0.29, 0.717) is 0 Å². The van der Waals surface area contributed by atoms with Gasteiger partial charge in [0.1, 0.15) is 0 Å². The van der Waals surface area contributed by atoms with Crippen molar-refractivity contribution in [3.63, 3.8) is 0 Å². The van der Waals surface area contributed by atoms with E-state index in [2.05, 4.69) is 78.9 Å². The SMILES string of the molecule is CN(C)c1cccc(NCCCCc2ccccc2)c1. The fourth-order valence-electron chi connectivity index (χ4n) is 2.23. The highest BCUT2D eigenvalue weighted by Crippen LogP contribution is 2.17. The van der Waals surface area contributed by atoms with E-state index in [-0.39, 0.29) is 0 Å². The Labute approximate surface area is 122 Å². The van der Waals surface area contributed by atoms with E-state index in [1.54, 1.807) is 0 Å². The maximum atomic E-state index is 3.50. The molecule has 2 aromatic carbocycles. The lowest BCUT2D eigenvalue weighted by Gasteiger charge is -2.14. The molecule has 2 aromatic rings. The number of nitrogens with one attached hydrogen (secondary N) is 1. The predicted octanol–water partition coefficient (Wildman–Crippen LogP) is 4.19. The highest BCUT2D eigenvalue weighted by Gasteiger charge is 1.97. The molecule has 0 atom stereocenters. The molecule has 20 heavy (non-hydrogen) atoms. The zero-order chi connectivity index (χ0) is 14.2. The van der Waals surface area contributed by atoms with E-state index >= 15 is 0 Å². The van der Waals surface area contributed by atoms with Gasteiger partial charge in [-0.15, -0.1) is 0 Å². The fourth-order valence-corrected chi connectivity index (χ4v) is 2.23. The van der Waals surface area contributed by atoms with Gasteiger partial charge in [-0.3, -0.25) is 0 Å². The molecular formula is C18H24N2. The molecular weight excluding hydrogens is 244 g/mol. The third-order valence-electron chi connectivity index (χ3n) is 3.43. The molecule has 0 fully saturated rings. The van der Waals surface area contributed by atoms with Crippen LogP contribution in [-0.2, 0) is 6.42 Å². The summed E-state index contributed by atoms with van der Waals surface area (Å²) >= 11 is 0. The van der Waals surface area contributed by atoms with Crippen LogP contribution >= 0.6 is 0 Å². The number of anilines is 2. The summed E-state index contributed by atoms with van der Waals surface area (Å²) in [7, 11) is 4.14. The topological polar surface area (TPSA) is 15.3 Å². The van der Waals surface area contributed by atoms with Crippen molar-refractivity contribution < 1.29 is 0 Å². The maximum absolute atomic E-state index is 3.50. The van der Waals surface area contributed by atoms with E-state index in [1.807, 2.05) is 0 Å². The van der Waals surface area contributed by atoms with Gasteiger partial charge in [0.05, 0.1) is 0 Å². The number of nitrogens with zero attached hydrogens (tertiary/aromatic N) is 1. The number of hydrogen-bond donors (Lipinski definition) is 1. The monoisotopic (exact) mass is 268 g/mol. The first-order valence-electron chi connectivity index (χ1n) is 7.31. The van der Waals surface area contributed by atoms with Crippen LogP contribution in [-0.4, -0.2) is 20.6 Å². The van der Waals surface area contributed by atoms with Gasteiger partial charge in [0, 0.05) is 32.0 Å². The molecule has 0 aromatic heterocycles. The van der Waals surface area contributed by atoms with Crippen LogP contribution in [0.25, 0.3) is 0 Å². The van der Waals surface area contributed by atoms with Gasteiger partial charge in [-0.2, -0.15) is 0 Å². The van der Waals surface area contributed by atoms with Gasteiger partial charge >= 0.3 is 0 Å². The number of unbranched alkanes of at least 4 members (excludes halogenated alkanes) is 1. The second-order valence-electron chi connectivity index (χ2n) is 5.31. The molecule has 0 radical (unpaired) electrons. The highest BCUT2D eigenvalue weighted by molar-refractivity contribution is 5.57. The molecule has 1 N–H and O–H groups in total. The lowest BCUT2D eigenvalue weighted by atomic mass is 10.1. The summed E-state index contributed by atoms with van der Waals surface area (Å²) in [5.41, 5.74) is 3.87. The Morgan fingerprint density at radius 1 is 0.900 bits per heavy atom. The van der Waals surface area contributed by atoms with Crippen LogP contribution in [0.1, 0.15) is 18.4 Å². The Hall–Kier alpha value is -1.96. The van der Waals surface area contributed by atoms with Crippen LogP contribution in [0, 0.1) is 0 Å². The molecule has 0 spiro atoms. The normalized spacial score (nSPS) is 10.3. The van der Waals surface area contributed by atoms with Crippen molar-refractivity contribution in [3.8, 4) is 0 Å². The fraction of sp³-hybridized carbons (Fsp3) is 0.333. The van der Waals surface area contributed by atoms with Crippen LogP contribution in [0.5, 0.6) is 0 Å². The van der Waals surface area contributed by atoms with Gasteiger partial charge in [-0.25, -0.2) is 0 Å². The minimum Gasteiger partial charge on any atom is -0.385 e. The number of hydrogen-bond acceptors (Lipinski definition) is 2. The molecule has 0 saturated carbocycles. The molecule has 2 heteroatoms. The van der Waals surface area contributed by atoms with Gasteiger partial charge in [0.25, 0.3) is 0 Å². The molecule has 2 nitrogen and oxygen atoms in total. The first-order valence-corrected chi connectivity index (χ1v) is 7.31. The van der Waals surface area contributed by atoms with Crippen LogP contribution in [0.2, 0.25) is 0 Å². The van der Waals surface area contributed by atoms with Gasteiger partial charge in [-0.1, -0.05) is 36.4 Å². The Balaban J connectivity index is 1.69. The van der Waals surface area contributed by atoms with Crippen molar-refractivity contribution >= 4 is 11.4 Å². The minimum absolute atomic E-state index is 1.03. The van der Waals surface area contributed by atoms with Crippen molar-refractivity contribution in [2.45, 2.75) is 19.3 Å². The summed E-state index contributed by atoms with van der Waals surface area (Å²) < 4.78 is 0. The standard InChI is InChI=1S/C18H24N2/c1-20(2)18-13-8-12-17(15-18)19-14-7-6-11-16-9-4-3-5-10-16/h3-5,8-10,12-13,15,19H,6-7,11,14H2,1-2H3. The Morgan fingerprint density at radius 2 is 1.70 bits per heavy atom. The average Bonchev–Trinajstić information content (AvgIpc) is 2.48. The zero-order valence-corrected chi connectivity index (χ0v) is 12.5. The van der Waals surface area contributed by atoms with Gasteiger partial charge < -0.3 is 10.2 Å². The van der Waals surface area contributed by atoms with E-state index in [4.69, 9.17) is 0 Å². The largest absolute Gasteiger partial charge is 0.385 e. The molecule has 0 saturated heterocycles. The van der Waals surface area contributed by atoms with E-state index in [9.17, 15) is 0 Å². The lowest BCUT2D eigenvalue weighted by Crippen LogP contribution is -2.09. The van der Waals surface area contributed by atoms with Crippen molar-refractivity contribution in [2.75, 3.05) is 30.9 Å². The lowest BCUT2D eigenvalue weighted by molar-refractivity contribution is 0.763. The highest BCUT2D eigenvalue weighted by atomic mass is 15.1. The Bertz CT molecular complexity index is 506. The van der Waals surface area contributed by atoms with Crippen molar-refractivity contribution in [1.29, 1.82) is 0 Å². The Morgan fingerprint density at radius 3 is 2.45 bits per heavy atom. The molecule has 106 valence electrons. The van der Waals surface area contributed by atoms with Crippen LogP contribution in [0.3, 0.4) is 0 Å². The number of aryl methyl sites for hydroxylation is 1. The van der Waals surface area contributed by atoms with Crippen molar-refractivity contribution in [2.24, 2.45) is 0 Å². The first-order chi connectivity index (χ1) is 9.75. The Kier molecular flexibility index (Phi) is 5.48. The van der Waals surface area contributed by atoms with Crippen molar-refractivity contribution in [3.05, 3.63) is 60.2 Å². The molecule has 2 rings (SSSR count). The van der Waals surface area contributed by atoms with Crippen molar-refractivity contribution in [1.82, 2.24) is 0 Å². The van der Waals surface area contributed by atoms with Gasteiger partial charge in [0.15, 0.2) is 0 Å². The number of benzene rings is 2. The summed E-state index contributed by atoms with van der Waals surface area (Å²) in [4.78, 5) is 2.13. The van der Waals surface area contributed by atoms with E-state index in [0.717, 1.165) is 6.54 Å². The van der Waals surface area contributed by atoms with Gasteiger partial charge in [-0.05, 0) is 43.0 Å². The summed E-state index contributed by atoms with van der Waals surface area (Å²) in [5.74, 6) is 0. The summed E-state index contributed by atoms with van der Waals surface area (Å²) in [6.07, 6.45) is 3.59. The second-order valence-corrected chi connectivity index (χ2v) is 5.31. The molecule has 0 amide bonds. The quantitative estimate of drug-likeness (QED) is 0.758. The van der Waals surface area contributed by atoms with Crippen LogP contribution in [0.15, 0.2) is 54.6 Å². The summed E-state index contributed by atoms with van der Waals surface area (Å²) in [5, 5.41) is 3.50. The average molecular weight is 268 g/mol. The zero-order valence-electron chi connectivity index (χ0n) is 12.5. The molecule has 0 aliphatic carbocycles. The molecule has 0 unspecified atom stereocenters. The summed E-state index contributed by atoms with van der Waals surface area (Å²) in [6, 6.07) is 19.2. The van der Waals surface area contributed by atoms with E-state index < -0.39 is 0 Å². The van der Waals surface area contributed by atoms with Crippen LogP contribution in [0.4, 0.5) is 11.4 Å². The number of rotatable bonds is 7. The first kappa shape index (κ1) is 14.4. The molecule has 0 bridgehead atoms. The smallest absolute Gasteiger partial charge is 0.0381 e. The minimum atomic E-state index is 1.03. The third kappa shape index (κ3) is 4.61. The van der Waals surface area contributed by atoms with Crippen LogP contribution < -0.4 is 10.2 Å².